The summed E-state index contributed by atoms with van der Waals surface area (Å²) >= 11 is 0. The predicted octanol–water partition coefficient (Wildman–Crippen LogP) is 0.112. The van der Waals surface area contributed by atoms with Gasteiger partial charge in [0.05, 0.1) is 0 Å². The average molecular weight is 241 g/mol. The largest absolute Gasteiger partial charge is 0.353 e. The summed E-state index contributed by atoms with van der Waals surface area (Å²) in [7, 11) is 0. The third-order valence-corrected chi connectivity index (χ3v) is 2.93. The van der Waals surface area contributed by atoms with E-state index in [9.17, 15) is 9.59 Å². The maximum Gasteiger partial charge on any atom is 0.242 e. The van der Waals surface area contributed by atoms with E-state index in [0.29, 0.717) is 38.5 Å². The van der Waals surface area contributed by atoms with Crippen molar-refractivity contribution in [3.05, 3.63) is 0 Å². The summed E-state index contributed by atoms with van der Waals surface area (Å²) in [5.41, 5.74) is 0. The molecule has 17 heavy (non-hydrogen) atoms. The molecule has 0 spiro atoms. The van der Waals surface area contributed by atoms with Crippen molar-refractivity contribution in [2.45, 2.75) is 45.7 Å². The minimum atomic E-state index is -0.282. The molecular weight excluding hydrogens is 218 g/mol. The smallest absolute Gasteiger partial charge is 0.242 e. The van der Waals surface area contributed by atoms with Crippen LogP contribution in [0.2, 0.25) is 0 Å². The van der Waals surface area contributed by atoms with E-state index in [0.717, 1.165) is 0 Å². The van der Waals surface area contributed by atoms with Gasteiger partial charge in [-0.2, -0.15) is 0 Å². The van der Waals surface area contributed by atoms with Gasteiger partial charge in [0.25, 0.3) is 0 Å². The number of amides is 2. The van der Waals surface area contributed by atoms with Crippen molar-refractivity contribution in [2.24, 2.45) is 0 Å². The number of piperazine rings is 1. The molecule has 2 amide bonds. The fraction of sp³-hybridized carbons (Fsp3) is 0.833. The van der Waals surface area contributed by atoms with Crippen LogP contribution >= 0.6 is 0 Å². The molecule has 0 aromatic rings. The van der Waals surface area contributed by atoms with E-state index in [1.54, 1.807) is 4.90 Å². The lowest BCUT2D eigenvalue weighted by molar-refractivity contribution is -0.143. The fourth-order valence-corrected chi connectivity index (χ4v) is 2.03. The first-order chi connectivity index (χ1) is 8.06. The summed E-state index contributed by atoms with van der Waals surface area (Å²) in [5, 5.41) is 6.01. The van der Waals surface area contributed by atoms with Crippen LogP contribution in [0.1, 0.15) is 33.6 Å². The number of hydrogen-bond donors (Lipinski definition) is 2. The third-order valence-electron chi connectivity index (χ3n) is 2.93. The van der Waals surface area contributed by atoms with Crippen molar-refractivity contribution < 1.29 is 9.59 Å². The second kappa shape index (κ2) is 6.59. The van der Waals surface area contributed by atoms with Crippen LogP contribution in [0.3, 0.4) is 0 Å². The van der Waals surface area contributed by atoms with Crippen molar-refractivity contribution >= 4 is 11.8 Å². The standard InChI is InChI=1S/C12H23N3O2/c1-4-10-12(17)14-7-8-15(10)11(16)5-6-13-9(2)3/h9-10,13H,4-8H2,1-3H3,(H,14,17). The highest BCUT2D eigenvalue weighted by molar-refractivity contribution is 5.88. The summed E-state index contributed by atoms with van der Waals surface area (Å²) < 4.78 is 0. The second-order valence-electron chi connectivity index (χ2n) is 4.66. The van der Waals surface area contributed by atoms with E-state index in [4.69, 9.17) is 0 Å². The molecule has 1 fully saturated rings. The first-order valence-corrected chi connectivity index (χ1v) is 6.36. The van der Waals surface area contributed by atoms with Crippen LogP contribution < -0.4 is 10.6 Å². The lowest BCUT2D eigenvalue weighted by atomic mass is 10.1. The summed E-state index contributed by atoms with van der Waals surface area (Å²) in [6, 6.07) is 0.102. The van der Waals surface area contributed by atoms with Crippen LogP contribution in [0, 0.1) is 0 Å². The van der Waals surface area contributed by atoms with E-state index in [1.165, 1.54) is 0 Å². The van der Waals surface area contributed by atoms with Gasteiger partial charge in [-0.25, -0.2) is 0 Å². The van der Waals surface area contributed by atoms with E-state index >= 15 is 0 Å². The molecule has 2 N–H and O–H groups in total. The summed E-state index contributed by atoms with van der Waals surface area (Å²) in [6.45, 7) is 7.90. The van der Waals surface area contributed by atoms with Crippen molar-refractivity contribution in [1.29, 1.82) is 0 Å². The molecule has 0 radical (unpaired) electrons. The first kappa shape index (κ1) is 14.0. The molecule has 5 nitrogen and oxygen atoms in total. The Kier molecular flexibility index (Phi) is 5.41. The number of carbonyl (C=O) groups is 2. The molecular formula is C12H23N3O2. The molecule has 1 rings (SSSR count). The number of carbonyl (C=O) groups excluding carboxylic acids is 2. The highest BCUT2D eigenvalue weighted by atomic mass is 16.2. The van der Waals surface area contributed by atoms with E-state index in [-0.39, 0.29) is 17.9 Å². The Labute approximate surface area is 103 Å². The Morgan fingerprint density at radius 2 is 2.29 bits per heavy atom. The highest BCUT2D eigenvalue weighted by Crippen LogP contribution is 2.09. The van der Waals surface area contributed by atoms with E-state index in [1.807, 2.05) is 20.8 Å². The molecule has 1 aliphatic rings. The van der Waals surface area contributed by atoms with Crippen LogP contribution in [0.5, 0.6) is 0 Å². The van der Waals surface area contributed by atoms with Crippen LogP contribution in [0.25, 0.3) is 0 Å². The summed E-state index contributed by atoms with van der Waals surface area (Å²) in [4.78, 5) is 25.3. The third kappa shape index (κ3) is 4.00. The van der Waals surface area contributed by atoms with Crippen LogP contribution in [0.4, 0.5) is 0 Å². The SMILES string of the molecule is CCC1C(=O)NCCN1C(=O)CCNC(C)C. The molecule has 1 unspecified atom stereocenters. The molecule has 0 aromatic heterocycles. The van der Waals surface area contributed by atoms with Gasteiger partial charge in [-0.3, -0.25) is 9.59 Å². The van der Waals surface area contributed by atoms with Crippen LogP contribution in [-0.2, 0) is 9.59 Å². The first-order valence-electron chi connectivity index (χ1n) is 6.36. The molecule has 5 heteroatoms. The van der Waals surface area contributed by atoms with Gasteiger partial charge in [0.2, 0.25) is 11.8 Å². The van der Waals surface area contributed by atoms with Crippen LogP contribution in [0.15, 0.2) is 0 Å². The molecule has 0 aliphatic carbocycles. The molecule has 1 heterocycles. The second-order valence-corrected chi connectivity index (χ2v) is 4.66. The molecule has 0 saturated carbocycles. The van der Waals surface area contributed by atoms with Gasteiger partial charge in [0, 0.05) is 32.1 Å². The predicted molar refractivity (Wildman–Crippen MR) is 66.6 cm³/mol. The monoisotopic (exact) mass is 241 g/mol. The lowest BCUT2D eigenvalue weighted by Gasteiger charge is -2.34. The zero-order valence-electron chi connectivity index (χ0n) is 11.0. The normalized spacial score (nSPS) is 20.6. The Morgan fingerprint density at radius 1 is 1.59 bits per heavy atom. The minimum Gasteiger partial charge on any atom is -0.353 e. The fourth-order valence-electron chi connectivity index (χ4n) is 2.03. The zero-order chi connectivity index (χ0) is 12.8. The quantitative estimate of drug-likeness (QED) is 0.718. The van der Waals surface area contributed by atoms with Gasteiger partial charge in [0.1, 0.15) is 6.04 Å². The van der Waals surface area contributed by atoms with E-state index in [2.05, 4.69) is 10.6 Å². The van der Waals surface area contributed by atoms with Crippen molar-refractivity contribution in [2.75, 3.05) is 19.6 Å². The number of nitrogens with zero attached hydrogens (tertiary/aromatic N) is 1. The lowest BCUT2D eigenvalue weighted by Crippen LogP contribution is -2.57. The van der Waals surface area contributed by atoms with Gasteiger partial charge in [-0.1, -0.05) is 20.8 Å². The van der Waals surface area contributed by atoms with Gasteiger partial charge < -0.3 is 15.5 Å². The number of nitrogens with one attached hydrogen (secondary N) is 2. The summed E-state index contributed by atoms with van der Waals surface area (Å²) in [6.07, 6.45) is 1.14. The molecule has 1 saturated heterocycles. The van der Waals surface area contributed by atoms with Gasteiger partial charge in [-0.15, -0.1) is 0 Å². The Bertz CT molecular complexity index is 279. The Hall–Kier alpha value is -1.10. The molecule has 0 bridgehead atoms. The Balaban J connectivity index is 2.46. The molecule has 1 aliphatic heterocycles. The van der Waals surface area contributed by atoms with Crippen molar-refractivity contribution in [3.8, 4) is 0 Å². The zero-order valence-corrected chi connectivity index (χ0v) is 11.0. The number of rotatable bonds is 5. The van der Waals surface area contributed by atoms with Gasteiger partial charge >= 0.3 is 0 Å². The molecule has 0 aromatic carbocycles. The maximum atomic E-state index is 12.0. The van der Waals surface area contributed by atoms with Crippen molar-refractivity contribution in [1.82, 2.24) is 15.5 Å². The maximum absolute atomic E-state index is 12.0. The van der Waals surface area contributed by atoms with Gasteiger partial charge in [0.15, 0.2) is 0 Å². The van der Waals surface area contributed by atoms with Gasteiger partial charge in [-0.05, 0) is 6.42 Å². The number of hydrogen-bond acceptors (Lipinski definition) is 3. The average Bonchev–Trinajstić information content (AvgIpc) is 2.28. The Morgan fingerprint density at radius 3 is 2.88 bits per heavy atom. The summed E-state index contributed by atoms with van der Waals surface area (Å²) in [5.74, 6) is 0.0452. The van der Waals surface area contributed by atoms with Crippen LogP contribution in [-0.4, -0.2) is 48.4 Å². The molecule has 98 valence electrons. The molecule has 1 atom stereocenters. The van der Waals surface area contributed by atoms with E-state index < -0.39 is 0 Å². The minimum absolute atomic E-state index is 0.0241. The topological polar surface area (TPSA) is 61.4 Å². The van der Waals surface area contributed by atoms with Crippen molar-refractivity contribution in [3.63, 3.8) is 0 Å². The highest BCUT2D eigenvalue weighted by Gasteiger charge is 2.30.